The fourth-order valence-electron chi connectivity index (χ4n) is 6.20. The molecule has 0 radical (unpaired) electrons. The van der Waals surface area contributed by atoms with Crippen molar-refractivity contribution in [2.45, 2.75) is 6.92 Å². The van der Waals surface area contributed by atoms with E-state index in [1.165, 1.54) is 0 Å². The Kier molecular flexibility index (Phi) is 6.10. The summed E-state index contributed by atoms with van der Waals surface area (Å²) in [5.41, 5.74) is 5.16. The highest BCUT2D eigenvalue weighted by Crippen LogP contribution is 2.57. The molecule has 4 heterocycles. The Balaban J connectivity index is 1.31. The van der Waals surface area contributed by atoms with Gasteiger partial charge in [-0.15, -0.1) is 0 Å². The monoisotopic (exact) mass is 636 g/mol. The molecule has 0 unspecified atom stereocenters. The van der Waals surface area contributed by atoms with Crippen LogP contribution in [-0.2, 0) is 0 Å². The molecule has 11 heteroatoms. The fraction of sp³-hybridized carbons (Fsp3) is 0.143. The molecular formula is C35H25ClN2O8. The second-order valence-corrected chi connectivity index (χ2v) is 11.2. The van der Waals surface area contributed by atoms with Crippen LogP contribution in [0, 0.1) is 6.92 Å². The van der Waals surface area contributed by atoms with Crippen molar-refractivity contribution >= 4 is 45.7 Å². The standard InChI is InChI=1S/C35H25ClN2O8/c1-20-14-25(37(21-6-2-10-27-32(21)43-16-39-27)22-7-3-11-28-33(22)44-17-40-28)31(36)26(15-20)38(23-8-4-12-29-34(23)45-18-41-29)24-9-5-13-30-35(24)46-19-42-30/h2-15H,16-19H2,1H3. The number of halogens is 1. The SMILES string of the molecule is Cc1cc(N(c2cccc3c2OCO3)c2cccc3c2OCO3)c(Cl)c(N(c2cccc3c2OCO3)c2cccc3c2OCO3)c1. The number of ether oxygens (including phenoxy) is 8. The van der Waals surface area contributed by atoms with Gasteiger partial charge >= 0.3 is 0 Å². The van der Waals surface area contributed by atoms with Crippen molar-refractivity contribution in [2.75, 3.05) is 37.0 Å². The van der Waals surface area contributed by atoms with Gasteiger partial charge in [0.1, 0.15) is 0 Å². The number of hydrogen-bond donors (Lipinski definition) is 0. The highest BCUT2D eigenvalue weighted by Gasteiger charge is 2.34. The molecule has 0 aliphatic carbocycles. The largest absolute Gasteiger partial charge is 0.454 e. The molecule has 46 heavy (non-hydrogen) atoms. The summed E-state index contributed by atoms with van der Waals surface area (Å²) in [6, 6.07) is 27.1. The molecule has 4 aliphatic heterocycles. The first-order valence-corrected chi connectivity index (χ1v) is 15.0. The maximum atomic E-state index is 7.60. The van der Waals surface area contributed by atoms with E-state index < -0.39 is 0 Å². The van der Waals surface area contributed by atoms with Gasteiger partial charge in [0.05, 0.1) is 39.1 Å². The first-order chi connectivity index (χ1) is 22.7. The van der Waals surface area contributed by atoms with Crippen LogP contribution >= 0.6 is 11.6 Å². The van der Waals surface area contributed by atoms with E-state index in [1.54, 1.807) is 0 Å². The Bertz CT molecular complexity index is 1780. The molecule has 0 saturated heterocycles. The number of anilines is 6. The molecule has 10 nitrogen and oxygen atoms in total. The van der Waals surface area contributed by atoms with Crippen LogP contribution in [0.4, 0.5) is 34.1 Å². The summed E-state index contributed by atoms with van der Waals surface area (Å²) in [5.74, 6) is 4.89. The number of nitrogens with zero attached hydrogens (tertiary/aromatic N) is 2. The molecule has 0 N–H and O–H groups in total. The first kappa shape index (κ1) is 26.8. The predicted octanol–water partition coefficient (Wildman–Crippen LogP) is 8.50. The number of hydrogen-bond acceptors (Lipinski definition) is 10. The van der Waals surface area contributed by atoms with Crippen LogP contribution in [0.1, 0.15) is 5.56 Å². The van der Waals surface area contributed by atoms with Crippen LogP contribution in [0.15, 0.2) is 84.9 Å². The van der Waals surface area contributed by atoms with Crippen LogP contribution in [-0.4, -0.2) is 27.2 Å². The van der Waals surface area contributed by atoms with E-state index in [2.05, 4.69) is 0 Å². The molecule has 0 fully saturated rings. The Morgan fingerprint density at radius 2 is 0.739 bits per heavy atom. The number of para-hydroxylation sites is 4. The lowest BCUT2D eigenvalue weighted by molar-refractivity contribution is 0.173. The van der Waals surface area contributed by atoms with Gasteiger partial charge in [-0.1, -0.05) is 35.9 Å². The number of aryl methyl sites for hydroxylation is 1. The minimum atomic E-state index is 0.107. The van der Waals surface area contributed by atoms with Crippen LogP contribution in [0.5, 0.6) is 46.0 Å². The van der Waals surface area contributed by atoms with Crippen molar-refractivity contribution < 1.29 is 37.9 Å². The van der Waals surface area contributed by atoms with Crippen molar-refractivity contribution in [1.29, 1.82) is 0 Å². The summed E-state index contributed by atoms with van der Waals surface area (Å²) in [5, 5.41) is 0.437. The maximum absolute atomic E-state index is 7.60. The number of benzene rings is 5. The fourth-order valence-corrected chi connectivity index (χ4v) is 6.48. The molecule has 0 saturated carbocycles. The van der Waals surface area contributed by atoms with Crippen molar-refractivity contribution in [3.05, 3.63) is 95.5 Å². The van der Waals surface area contributed by atoms with Gasteiger partial charge in [0.2, 0.25) is 27.2 Å². The minimum absolute atomic E-state index is 0.107. The zero-order valence-electron chi connectivity index (χ0n) is 24.4. The van der Waals surface area contributed by atoms with Gasteiger partial charge < -0.3 is 47.7 Å². The third-order valence-electron chi connectivity index (χ3n) is 8.13. The van der Waals surface area contributed by atoms with Crippen molar-refractivity contribution in [3.8, 4) is 46.0 Å². The highest BCUT2D eigenvalue weighted by atomic mass is 35.5. The quantitative estimate of drug-likeness (QED) is 0.181. The Hall–Kier alpha value is -5.61. The Morgan fingerprint density at radius 1 is 0.435 bits per heavy atom. The second kappa shape index (κ2) is 10.5. The summed E-state index contributed by atoms with van der Waals surface area (Å²) in [4.78, 5) is 4.03. The van der Waals surface area contributed by atoms with Gasteiger partial charge in [-0.25, -0.2) is 0 Å². The Labute approximate surface area is 268 Å². The zero-order valence-corrected chi connectivity index (χ0v) is 25.2. The molecule has 230 valence electrons. The highest BCUT2D eigenvalue weighted by molar-refractivity contribution is 6.37. The lowest BCUT2D eigenvalue weighted by atomic mass is 10.1. The van der Waals surface area contributed by atoms with E-state index in [0.717, 1.165) is 28.3 Å². The molecule has 5 aromatic carbocycles. The predicted molar refractivity (Wildman–Crippen MR) is 170 cm³/mol. The summed E-state index contributed by atoms with van der Waals surface area (Å²) in [6.07, 6.45) is 0. The van der Waals surface area contributed by atoms with E-state index in [4.69, 9.17) is 49.5 Å². The average molecular weight is 637 g/mol. The number of rotatable bonds is 6. The van der Waals surface area contributed by atoms with Crippen molar-refractivity contribution in [1.82, 2.24) is 0 Å². The lowest BCUT2D eigenvalue weighted by Gasteiger charge is -2.32. The number of fused-ring (bicyclic) bond motifs is 4. The maximum Gasteiger partial charge on any atom is 0.231 e. The molecule has 0 atom stereocenters. The zero-order chi connectivity index (χ0) is 30.8. The summed E-state index contributed by atoms with van der Waals surface area (Å²) in [7, 11) is 0. The molecule has 0 amide bonds. The smallest absolute Gasteiger partial charge is 0.231 e. The van der Waals surface area contributed by atoms with Crippen LogP contribution in [0.3, 0.4) is 0 Å². The third kappa shape index (κ3) is 4.10. The summed E-state index contributed by atoms with van der Waals surface area (Å²) < 4.78 is 47.1. The molecule has 0 bridgehead atoms. The molecule has 0 aromatic heterocycles. The molecule has 0 spiro atoms. The average Bonchev–Trinajstić information content (AvgIpc) is 3.90. The normalized spacial score (nSPS) is 14.5. The second-order valence-electron chi connectivity index (χ2n) is 10.8. The first-order valence-electron chi connectivity index (χ1n) is 14.6. The van der Waals surface area contributed by atoms with E-state index in [9.17, 15) is 0 Å². The van der Waals surface area contributed by atoms with Crippen LogP contribution < -0.4 is 47.7 Å². The van der Waals surface area contributed by atoms with Crippen LogP contribution in [0.2, 0.25) is 5.02 Å². The molecule has 9 rings (SSSR count). The minimum Gasteiger partial charge on any atom is -0.454 e. The van der Waals surface area contributed by atoms with Gasteiger partial charge in [-0.05, 0) is 73.2 Å². The topological polar surface area (TPSA) is 80.3 Å². The third-order valence-corrected chi connectivity index (χ3v) is 8.51. The molecule has 4 aliphatic rings. The van der Waals surface area contributed by atoms with Gasteiger partial charge in [0.15, 0.2) is 46.0 Å². The van der Waals surface area contributed by atoms with E-state index in [0.29, 0.717) is 62.4 Å². The van der Waals surface area contributed by atoms with E-state index in [-0.39, 0.29) is 27.2 Å². The lowest BCUT2D eigenvalue weighted by Crippen LogP contribution is -2.16. The summed E-state index contributed by atoms with van der Waals surface area (Å²) in [6.45, 7) is 2.45. The summed E-state index contributed by atoms with van der Waals surface area (Å²) >= 11 is 7.60. The van der Waals surface area contributed by atoms with E-state index in [1.807, 2.05) is 102 Å². The molecular weight excluding hydrogens is 612 g/mol. The van der Waals surface area contributed by atoms with Gasteiger partial charge in [0, 0.05) is 0 Å². The Morgan fingerprint density at radius 3 is 1.04 bits per heavy atom. The van der Waals surface area contributed by atoms with Crippen molar-refractivity contribution in [2.24, 2.45) is 0 Å². The van der Waals surface area contributed by atoms with Gasteiger partial charge in [-0.2, -0.15) is 0 Å². The molecule has 5 aromatic rings. The van der Waals surface area contributed by atoms with Crippen molar-refractivity contribution in [3.63, 3.8) is 0 Å². The van der Waals surface area contributed by atoms with Crippen LogP contribution in [0.25, 0.3) is 0 Å². The van der Waals surface area contributed by atoms with E-state index >= 15 is 0 Å². The van der Waals surface area contributed by atoms with Gasteiger partial charge in [0.25, 0.3) is 0 Å². The van der Waals surface area contributed by atoms with Gasteiger partial charge in [-0.3, -0.25) is 0 Å².